The van der Waals surface area contributed by atoms with Gasteiger partial charge in [0.25, 0.3) is 0 Å². The topological polar surface area (TPSA) is 73.7 Å². The summed E-state index contributed by atoms with van der Waals surface area (Å²) >= 11 is 0. The van der Waals surface area contributed by atoms with Crippen molar-refractivity contribution in [3.63, 3.8) is 0 Å². The van der Waals surface area contributed by atoms with Crippen LogP contribution in [0.2, 0.25) is 0 Å². The molecule has 12 atom stereocenters. The zero-order chi connectivity index (χ0) is 42.4. The fourth-order valence-electron chi connectivity index (χ4n) is 16.7. The predicted molar refractivity (Wildman–Crippen MR) is 255 cm³/mol. The number of nitrogens with zero attached hydrogens (tertiary/aromatic N) is 2. The van der Waals surface area contributed by atoms with Gasteiger partial charge < -0.3 is 19.3 Å². The summed E-state index contributed by atoms with van der Waals surface area (Å²) in [5.74, 6) is 2.26. The SMILES string of the molecule is C.CO[C@H]1CCC2=CC3=CC[C@]4(C)[C@@H](c5ccc6ccncc6c5)CC[C@H]4C34CC[C@]2(C1)O4.C[C@]12CC=C3C=C4CC[C@H](O)C[C@]45CCC3(O5)[C@@H]1CC[C@@H]2c1ccc2ccncc2c1. The van der Waals surface area contributed by atoms with E-state index in [1.165, 1.54) is 81.5 Å². The van der Waals surface area contributed by atoms with Gasteiger partial charge in [-0.05, 0) is 193 Å². The van der Waals surface area contributed by atoms with Crippen LogP contribution in [0.4, 0.5) is 0 Å². The van der Waals surface area contributed by atoms with Crippen LogP contribution in [0.25, 0.3) is 21.5 Å². The number of methoxy groups -OCH3 is 1. The van der Waals surface area contributed by atoms with Crippen LogP contribution in [0, 0.1) is 22.7 Å². The van der Waals surface area contributed by atoms with Crippen LogP contribution in [-0.2, 0) is 14.2 Å². The van der Waals surface area contributed by atoms with Crippen LogP contribution in [0.5, 0.6) is 0 Å². The molecule has 0 amide bonds. The third-order valence-corrected chi connectivity index (χ3v) is 19.8. The largest absolute Gasteiger partial charge is 0.393 e. The highest BCUT2D eigenvalue weighted by Gasteiger charge is 2.68. The molecule has 6 fully saturated rings. The average Bonchev–Trinajstić information content (AvgIpc) is 4.03. The molecule has 4 spiro atoms. The Hall–Kier alpha value is -3.94. The second-order valence-corrected chi connectivity index (χ2v) is 22.4. The molecule has 6 aliphatic carbocycles. The molecule has 2 saturated heterocycles. The van der Waals surface area contributed by atoms with Crippen molar-refractivity contribution in [3.05, 3.63) is 131 Å². The summed E-state index contributed by atoms with van der Waals surface area (Å²) < 4.78 is 20.3. The third-order valence-electron chi connectivity index (χ3n) is 19.8. The summed E-state index contributed by atoms with van der Waals surface area (Å²) in [6, 6.07) is 18.3. The number of hydrogen-bond donors (Lipinski definition) is 1. The maximum Gasteiger partial charge on any atom is 0.0974 e. The molecule has 0 radical (unpaired) electrons. The Bertz CT molecular complexity index is 2680. The summed E-state index contributed by atoms with van der Waals surface area (Å²) in [5.41, 5.74) is 8.88. The van der Waals surface area contributed by atoms with Crippen molar-refractivity contribution in [2.24, 2.45) is 22.7 Å². The zero-order valence-corrected chi connectivity index (χ0v) is 37.6. The number of aromatic nitrogens is 2. The molecule has 2 aromatic carbocycles. The Labute approximate surface area is 380 Å². The molecular formula is C58H68N2O4. The number of rotatable bonds is 3. The summed E-state index contributed by atoms with van der Waals surface area (Å²) in [5, 5.41) is 15.5. The van der Waals surface area contributed by atoms with Crippen LogP contribution in [0.15, 0.2) is 120 Å². The van der Waals surface area contributed by atoms with Gasteiger partial charge in [-0.2, -0.15) is 0 Å². The first-order valence-electron chi connectivity index (χ1n) is 24.7. The maximum atomic E-state index is 10.4. The molecule has 2 aromatic heterocycles. The van der Waals surface area contributed by atoms with E-state index in [1.807, 2.05) is 31.9 Å². The number of fused-ring (bicyclic) bond motifs is 4. The molecule has 6 heterocycles. The van der Waals surface area contributed by atoms with E-state index in [-0.39, 0.29) is 46.8 Å². The van der Waals surface area contributed by atoms with E-state index in [0.717, 1.165) is 70.6 Å². The van der Waals surface area contributed by atoms with E-state index < -0.39 is 0 Å². The van der Waals surface area contributed by atoms with Crippen molar-refractivity contribution >= 4 is 21.5 Å². The van der Waals surface area contributed by atoms with Gasteiger partial charge in [0.05, 0.1) is 34.6 Å². The summed E-state index contributed by atoms with van der Waals surface area (Å²) in [4.78, 5) is 8.72. The number of hydrogen-bond acceptors (Lipinski definition) is 6. The quantitative estimate of drug-likeness (QED) is 0.221. The van der Waals surface area contributed by atoms with Gasteiger partial charge in [-0.15, -0.1) is 0 Å². The molecule has 4 saturated carbocycles. The van der Waals surface area contributed by atoms with E-state index >= 15 is 0 Å². The molecule has 2 unspecified atom stereocenters. The lowest BCUT2D eigenvalue weighted by Crippen LogP contribution is -2.54. The minimum absolute atomic E-state index is 0. The number of aliphatic hydroxyl groups is 1. The fourth-order valence-corrected chi connectivity index (χ4v) is 16.7. The Kier molecular flexibility index (Phi) is 9.42. The molecule has 1 N–H and O–H groups in total. The molecule has 14 rings (SSSR count). The molecule has 334 valence electrons. The standard InChI is InChI=1S/C29H33NO2.C28H31NO2.CH4/c1-27-11-9-23-16-22-5-6-24(31-2)17-28(22)12-13-29(23,32-28)26(27)8-7-25(27)20-4-3-19-10-14-30-18-21(19)15-20;1-26-10-8-22-15-21-4-5-23(30)16-27(21)11-12-28(22,31-27)25(26)7-6-24(26)19-3-2-18-9-13-29-17-20(18)14-19;/h3-4,9-10,14-16,18,24-26H,5-8,11-13,17H2,1-2H3;2-3,8-9,13-15,17,23-25,30H,4-7,10-12,16H2,1H3;1H4/t24-,25+,26+,27+,28+,29?;23-,24+,25+,26+,27+,28?;/m00./s1. The van der Waals surface area contributed by atoms with Gasteiger partial charge in [0, 0.05) is 55.5 Å². The lowest BCUT2D eigenvalue weighted by molar-refractivity contribution is -0.147. The van der Waals surface area contributed by atoms with Crippen molar-refractivity contribution in [2.75, 3.05) is 7.11 Å². The number of allylic oxidation sites excluding steroid dienone is 2. The minimum Gasteiger partial charge on any atom is -0.393 e. The van der Waals surface area contributed by atoms with Crippen LogP contribution >= 0.6 is 0 Å². The Morgan fingerprint density at radius 1 is 0.609 bits per heavy atom. The number of aliphatic hydroxyl groups excluding tert-OH is 1. The molecule has 4 aromatic rings. The normalized spacial score (nSPS) is 41.9. The molecule has 6 heteroatoms. The van der Waals surface area contributed by atoms with Crippen molar-refractivity contribution in [1.82, 2.24) is 9.97 Å². The van der Waals surface area contributed by atoms with E-state index in [4.69, 9.17) is 14.2 Å². The van der Waals surface area contributed by atoms with Crippen molar-refractivity contribution in [1.29, 1.82) is 0 Å². The molecular weight excluding hydrogens is 789 g/mol. The molecule has 64 heavy (non-hydrogen) atoms. The highest BCUT2D eigenvalue weighted by atomic mass is 16.5. The van der Waals surface area contributed by atoms with E-state index in [1.54, 1.807) is 5.57 Å². The van der Waals surface area contributed by atoms with Crippen LogP contribution < -0.4 is 0 Å². The van der Waals surface area contributed by atoms with E-state index in [2.05, 4.69) is 96.7 Å². The monoisotopic (exact) mass is 857 g/mol. The second kappa shape index (κ2) is 14.5. The molecule has 6 nitrogen and oxygen atoms in total. The summed E-state index contributed by atoms with van der Waals surface area (Å²) in [6.07, 6.45) is 35.8. The highest BCUT2D eigenvalue weighted by Crippen LogP contribution is 2.71. The Balaban J connectivity index is 0.000000133. The van der Waals surface area contributed by atoms with Crippen molar-refractivity contribution in [2.45, 2.75) is 170 Å². The van der Waals surface area contributed by atoms with Gasteiger partial charge in [0.2, 0.25) is 0 Å². The van der Waals surface area contributed by atoms with Gasteiger partial charge in [0.15, 0.2) is 0 Å². The van der Waals surface area contributed by atoms with Gasteiger partial charge in [-0.1, -0.05) is 69.8 Å². The van der Waals surface area contributed by atoms with Crippen LogP contribution in [-0.4, -0.2) is 56.8 Å². The lowest BCUT2D eigenvalue weighted by Gasteiger charge is -2.54. The number of ether oxygens (including phenoxy) is 3. The van der Waals surface area contributed by atoms with Gasteiger partial charge >= 0.3 is 0 Å². The van der Waals surface area contributed by atoms with Gasteiger partial charge in [-0.25, -0.2) is 0 Å². The highest BCUT2D eigenvalue weighted by molar-refractivity contribution is 5.83. The van der Waals surface area contributed by atoms with E-state index in [9.17, 15) is 5.11 Å². The third kappa shape index (κ3) is 5.70. The minimum atomic E-state index is -0.213. The summed E-state index contributed by atoms with van der Waals surface area (Å²) in [7, 11) is 1.87. The van der Waals surface area contributed by atoms with Crippen molar-refractivity contribution in [3.8, 4) is 0 Å². The molecule has 4 bridgehead atoms. The molecule has 10 aliphatic rings. The van der Waals surface area contributed by atoms with E-state index in [0.29, 0.717) is 29.8 Å². The van der Waals surface area contributed by atoms with Gasteiger partial charge in [-0.3, -0.25) is 9.97 Å². The van der Waals surface area contributed by atoms with Gasteiger partial charge in [0.1, 0.15) is 0 Å². The number of pyridine rings is 2. The fraction of sp³-hybridized carbons (Fsp3) is 0.552. The Morgan fingerprint density at radius 3 is 1.66 bits per heavy atom. The first-order valence-corrected chi connectivity index (χ1v) is 24.7. The van der Waals surface area contributed by atoms with Crippen LogP contribution in [0.1, 0.15) is 147 Å². The zero-order valence-electron chi connectivity index (χ0n) is 37.6. The smallest absolute Gasteiger partial charge is 0.0974 e. The van der Waals surface area contributed by atoms with Crippen LogP contribution in [0.3, 0.4) is 0 Å². The number of benzene rings is 2. The Morgan fingerprint density at radius 2 is 1.12 bits per heavy atom. The first kappa shape index (κ1) is 41.5. The summed E-state index contributed by atoms with van der Waals surface area (Å²) in [6.45, 7) is 5.07. The molecule has 4 aliphatic heterocycles. The average molecular weight is 857 g/mol. The first-order chi connectivity index (χ1) is 30.6. The lowest BCUT2D eigenvalue weighted by atomic mass is 9.58. The van der Waals surface area contributed by atoms with Crippen molar-refractivity contribution < 1.29 is 19.3 Å². The predicted octanol–water partition coefficient (Wildman–Crippen LogP) is 13.0. The maximum absolute atomic E-state index is 10.4. The second-order valence-electron chi connectivity index (χ2n) is 22.4.